The number of hydrogen-bond donors (Lipinski definition) is 2. The number of anilines is 2. The third kappa shape index (κ3) is 4.76. The van der Waals surface area contributed by atoms with Crippen LogP contribution in [0.2, 0.25) is 5.02 Å². The molecule has 2 N–H and O–H groups in total. The molecule has 1 heterocycles. The van der Waals surface area contributed by atoms with E-state index in [4.69, 9.17) is 11.6 Å². The lowest BCUT2D eigenvalue weighted by Gasteiger charge is -2.16. The smallest absolute Gasteiger partial charge is 0.253 e. The topological polar surface area (TPSA) is 54.0 Å². The molecule has 1 saturated carbocycles. The summed E-state index contributed by atoms with van der Waals surface area (Å²) in [4.78, 5) is 17.3. The molecular weight excluding hydrogens is 346 g/mol. The van der Waals surface area contributed by atoms with Gasteiger partial charge in [-0.05, 0) is 55.0 Å². The normalized spacial score (nSPS) is 14.6. The average Bonchev–Trinajstić information content (AvgIpc) is 3.13. The second-order valence-electron chi connectivity index (χ2n) is 7.28. The molecule has 3 rings (SSSR count). The Balaban J connectivity index is 1.74. The number of halogens is 1. The van der Waals surface area contributed by atoms with Gasteiger partial charge in [0.2, 0.25) is 0 Å². The maximum absolute atomic E-state index is 12.7. The highest BCUT2D eigenvalue weighted by atomic mass is 35.5. The summed E-state index contributed by atoms with van der Waals surface area (Å²) in [6.07, 6.45) is 5.00. The number of benzene rings is 1. The summed E-state index contributed by atoms with van der Waals surface area (Å²) in [5.74, 6) is 1.47. The molecule has 0 bridgehead atoms. The fourth-order valence-electron chi connectivity index (χ4n) is 3.44. The van der Waals surface area contributed by atoms with Crippen LogP contribution in [0.5, 0.6) is 0 Å². The van der Waals surface area contributed by atoms with Crippen molar-refractivity contribution in [2.24, 2.45) is 5.92 Å². The molecule has 0 unspecified atom stereocenters. The molecule has 0 atom stereocenters. The lowest BCUT2D eigenvalue weighted by Crippen LogP contribution is -2.29. The van der Waals surface area contributed by atoms with Gasteiger partial charge in [-0.3, -0.25) is 4.79 Å². The second-order valence-corrected chi connectivity index (χ2v) is 7.72. The van der Waals surface area contributed by atoms with Gasteiger partial charge in [0, 0.05) is 17.3 Å². The van der Waals surface area contributed by atoms with Crippen LogP contribution in [0.1, 0.15) is 61.5 Å². The van der Waals surface area contributed by atoms with Gasteiger partial charge in [-0.15, -0.1) is 0 Å². The summed E-state index contributed by atoms with van der Waals surface area (Å²) in [5, 5.41) is 7.02. The largest absolute Gasteiger partial charge is 0.352 e. The molecule has 0 aliphatic heterocycles. The van der Waals surface area contributed by atoms with Gasteiger partial charge >= 0.3 is 0 Å². The third-order valence-corrected chi connectivity index (χ3v) is 5.07. The SMILES string of the molecule is CC(C)c1nc(Nc2cccc(Cl)c2)ccc1C(=O)NCC1CCCC1. The van der Waals surface area contributed by atoms with Crippen LogP contribution in [-0.2, 0) is 0 Å². The van der Waals surface area contributed by atoms with Gasteiger partial charge in [-0.25, -0.2) is 4.98 Å². The summed E-state index contributed by atoms with van der Waals surface area (Å²) in [6, 6.07) is 11.2. The maximum atomic E-state index is 12.7. The Morgan fingerprint density at radius 1 is 1.23 bits per heavy atom. The van der Waals surface area contributed by atoms with Crippen LogP contribution < -0.4 is 10.6 Å². The van der Waals surface area contributed by atoms with Crippen molar-refractivity contribution in [3.05, 3.63) is 52.7 Å². The molecule has 2 aromatic rings. The number of aromatic nitrogens is 1. The van der Waals surface area contributed by atoms with Crippen molar-refractivity contribution in [3.8, 4) is 0 Å². The molecular formula is C21H26ClN3O. The van der Waals surface area contributed by atoms with Crippen molar-refractivity contribution >= 4 is 29.0 Å². The summed E-state index contributed by atoms with van der Waals surface area (Å²) in [6.45, 7) is 4.87. The Morgan fingerprint density at radius 3 is 2.69 bits per heavy atom. The monoisotopic (exact) mass is 371 g/mol. The van der Waals surface area contributed by atoms with E-state index in [1.807, 2.05) is 36.4 Å². The van der Waals surface area contributed by atoms with E-state index in [9.17, 15) is 4.79 Å². The lowest BCUT2D eigenvalue weighted by atomic mass is 10.0. The first-order valence-corrected chi connectivity index (χ1v) is 9.72. The lowest BCUT2D eigenvalue weighted by molar-refractivity contribution is 0.0945. The van der Waals surface area contributed by atoms with E-state index in [0.29, 0.717) is 22.3 Å². The van der Waals surface area contributed by atoms with Gasteiger partial charge in [0.05, 0.1) is 11.3 Å². The van der Waals surface area contributed by atoms with Crippen molar-refractivity contribution < 1.29 is 4.79 Å². The number of rotatable bonds is 6. The van der Waals surface area contributed by atoms with Gasteiger partial charge in [-0.1, -0.05) is 44.4 Å². The Labute approximate surface area is 160 Å². The molecule has 1 aromatic heterocycles. The number of pyridine rings is 1. The fraction of sp³-hybridized carbons (Fsp3) is 0.429. The molecule has 5 heteroatoms. The molecule has 1 fully saturated rings. The van der Waals surface area contributed by atoms with Crippen LogP contribution in [0.3, 0.4) is 0 Å². The second kappa shape index (κ2) is 8.54. The molecule has 1 amide bonds. The zero-order chi connectivity index (χ0) is 18.5. The molecule has 1 aliphatic rings. The van der Waals surface area contributed by atoms with Crippen LogP contribution in [0, 0.1) is 5.92 Å². The molecule has 0 spiro atoms. The maximum Gasteiger partial charge on any atom is 0.253 e. The van der Waals surface area contributed by atoms with E-state index in [1.54, 1.807) is 0 Å². The van der Waals surface area contributed by atoms with Gasteiger partial charge in [0.25, 0.3) is 5.91 Å². The Bertz CT molecular complexity index is 770. The summed E-state index contributed by atoms with van der Waals surface area (Å²) in [7, 11) is 0. The summed E-state index contributed by atoms with van der Waals surface area (Å²) < 4.78 is 0. The van der Waals surface area contributed by atoms with E-state index in [-0.39, 0.29) is 11.8 Å². The van der Waals surface area contributed by atoms with Crippen molar-refractivity contribution in [2.45, 2.75) is 45.4 Å². The average molecular weight is 372 g/mol. The molecule has 138 valence electrons. The standard InChI is InChI=1S/C21H26ClN3O/c1-14(2)20-18(21(26)23-13-15-6-3-4-7-15)10-11-19(25-20)24-17-9-5-8-16(22)12-17/h5,8-12,14-15H,3-4,6-7,13H2,1-2H3,(H,23,26)(H,24,25). The highest BCUT2D eigenvalue weighted by Crippen LogP contribution is 2.25. The number of carbonyl (C=O) groups is 1. The van der Waals surface area contributed by atoms with E-state index < -0.39 is 0 Å². The minimum absolute atomic E-state index is 0.0256. The highest BCUT2D eigenvalue weighted by molar-refractivity contribution is 6.30. The highest BCUT2D eigenvalue weighted by Gasteiger charge is 2.19. The van der Waals surface area contributed by atoms with Crippen LogP contribution in [0.15, 0.2) is 36.4 Å². The Morgan fingerprint density at radius 2 is 2.00 bits per heavy atom. The quantitative estimate of drug-likeness (QED) is 0.702. The summed E-state index contributed by atoms with van der Waals surface area (Å²) >= 11 is 6.03. The van der Waals surface area contributed by atoms with Crippen LogP contribution in [-0.4, -0.2) is 17.4 Å². The molecule has 1 aliphatic carbocycles. The summed E-state index contributed by atoms with van der Waals surface area (Å²) in [5.41, 5.74) is 2.34. The number of carbonyl (C=O) groups excluding carboxylic acids is 1. The van der Waals surface area contributed by atoms with Gasteiger partial charge in [-0.2, -0.15) is 0 Å². The third-order valence-electron chi connectivity index (χ3n) is 4.84. The van der Waals surface area contributed by atoms with E-state index >= 15 is 0 Å². The molecule has 26 heavy (non-hydrogen) atoms. The van der Waals surface area contributed by atoms with Crippen LogP contribution in [0.4, 0.5) is 11.5 Å². The zero-order valence-corrected chi connectivity index (χ0v) is 16.1. The first-order valence-electron chi connectivity index (χ1n) is 9.34. The van der Waals surface area contributed by atoms with E-state index in [0.717, 1.165) is 17.9 Å². The number of nitrogens with zero attached hydrogens (tertiary/aromatic N) is 1. The minimum atomic E-state index is -0.0256. The van der Waals surface area contributed by atoms with Crippen molar-refractivity contribution in [3.63, 3.8) is 0 Å². The molecule has 4 nitrogen and oxygen atoms in total. The predicted octanol–water partition coefficient (Wildman–Crippen LogP) is 5.52. The Kier molecular flexibility index (Phi) is 6.15. The van der Waals surface area contributed by atoms with Gasteiger partial charge < -0.3 is 10.6 Å². The van der Waals surface area contributed by atoms with Crippen LogP contribution in [0.25, 0.3) is 0 Å². The van der Waals surface area contributed by atoms with E-state index in [2.05, 4.69) is 29.5 Å². The van der Waals surface area contributed by atoms with Crippen molar-refractivity contribution in [2.75, 3.05) is 11.9 Å². The van der Waals surface area contributed by atoms with Crippen LogP contribution >= 0.6 is 11.6 Å². The van der Waals surface area contributed by atoms with Crippen molar-refractivity contribution in [1.82, 2.24) is 10.3 Å². The zero-order valence-electron chi connectivity index (χ0n) is 15.4. The Hall–Kier alpha value is -2.07. The number of amides is 1. The fourth-order valence-corrected chi connectivity index (χ4v) is 3.63. The van der Waals surface area contributed by atoms with Gasteiger partial charge in [0.15, 0.2) is 0 Å². The molecule has 0 saturated heterocycles. The van der Waals surface area contributed by atoms with Gasteiger partial charge in [0.1, 0.15) is 5.82 Å². The van der Waals surface area contributed by atoms with Crippen molar-refractivity contribution in [1.29, 1.82) is 0 Å². The molecule has 1 aromatic carbocycles. The minimum Gasteiger partial charge on any atom is -0.352 e. The first-order chi connectivity index (χ1) is 12.5. The van der Waals surface area contributed by atoms with E-state index in [1.165, 1.54) is 25.7 Å². The first kappa shape index (κ1) is 18.7. The molecule has 0 radical (unpaired) electrons. The number of hydrogen-bond acceptors (Lipinski definition) is 3. The predicted molar refractivity (Wildman–Crippen MR) is 107 cm³/mol. The number of nitrogens with one attached hydrogen (secondary N) is 2.